The largest absolute Gasteiger partial charge is 0.481 e. The number of H-pyrrole nitrogens is 1. The molecule has 0 unspecified atom stereocenters. The van der Waals surface area contributed by atoms with Crippen LogP contribution in [0.2, 0.25) is 0 Å². The molecule has 2 aromatic heterocycles. The van der Waals surface area contributed by atoms with Crippen LogP contribution >= 0.6 is 0 Å². The number of anilines is 1. The lowest BCUT2D eigenvalue weighted by Gasteiger charge is -2.41. The van der Waals surface area contributed by atoms with E-state index in [0.717, 1.165) is 23.7 Å². The van der Waals surface area contributed by atoms with E-state index in [-0.39, 0.29) is 11.9 Å². The van der Waals surface area contributed by atoms with E-state index >= 15 is 0 Å². The van der Waals surface area contributed by atoms with Crippen molar-refractivity contribution in [3.05, 3.63) is 48.3 Å². The van der Waals surface area contributed by atoms with Crippen LogP contribution in [0.25, 0.3) is 10.9 Å². The minimum absolute atomic E-state index is 0.0368. The van der Waals surface area contributed by atoms with E-state index < -0.39 is 0 Å². The van der Waals surface area contributed by atoms with Crippen LogP contribution < -0.4 is 15.0 Å². The second-order valence-corrected chi connectivity index (χ2v) is 6.59. The quantitative estimate of drug-likeness (QED) is 0.737. The molecule has 1 aliphatic carbocycles. The van der Waals surface area contributed by atoms with Crippen molar-refractivity contribution < 1.29 is 9.53 Å². The predicted octanol–water partition coefficient (Wildman–Crippen LogP) is 2.36. The summed E-state index contributed by atoms with van der Waals surface area (Å²) >= 11 is 0. The Morgan fingerprint density at radius 1 is 1.31 bits per heavy atom. The normalized spacial score (nSPS) is 19.0. The predicted molar refractivity (Wildman–Crippen MR) is 99.6 cm³/mol. The van der Waals surface area contributed by atoms with Crippen molar-refractivity contribution in [1.29, 1.82) is 0 Å². The summed E-state index contributed by atoms with van der Waals surface area (Å²) in [5.41, 5.74) is 1.65. The van der Waals surface area contributed by atoms with E-state index in [1.807, 2.05) is 42.4 Å². The van der Waals surface area contributed by atoms with Crippen molar-refractivity contribution >= 4 is 22.8 Å². The molecule has 0 spiro atoms. The van der Waals surface area contributed by atoms with Gasteiger partial charge in [-0.15, -0.1) is 0 Å². The van der Waals surface area contributed by atoms with E-state index in [1.165, 1.54) is 0 Å². The van der Waals surface area contributed by atoms with Crippen LogP contribution in [0.4, 0.5) is 5.95 Å². The smallest absolute Gasteiger partial charge is 0.251 e. The molecule has 0 bridgehead atoms. The van der Waals surface area contributed by atoms with Gasteiger partial charge in [-0.05, 0) is 36.4 Å². The Kier molecular flexibility index (Phi) is 4.20. The topological polar surface area (TPSA) is 83.1 Å². The molecule has 4 rings (SSSR count). The standard InChI is InChI=1S/C19H21N5O2/c1-24(19-21-8-6-17(23-19)26-2)15-10-14(11-15)22-18(25)13-4-3-12-5-7-20-16(12)9-13/h3-9,14-15,20H,10-11H2,1-2H3,(H,22,25). The van der Waals surface area contributed by atoms with Gasteiger partial charge in [-0.2, -0.15) is 4.98 Å². The molecule has 0 aliphatic heterocycles. The maximum atomic E-state index is 12.5. The first-order chi connectivity index (χ1) is 12.6. The fourth-order valence-electron chi connectivity index (χ4n) is 3.26. The minimum atomic E-state index is -0.0368. The van der Waals surface area contributed by atoms with Crippen LogP contribution in [-0.4, -0.2) is 47.1 Å². The molecule has 7 heteroatoms. The zero-order chi connectivity index (χ0) is 18.1. The van der Waals surface area contributed by atoms with Crippen molar-refractivity contribution in [2.45, 2.75) is 24.9 Å². The fourth-order valence-corrected chi connectivity index (χ4v) is 3.26. The lowest BCUT2D eigenvalue weighted by atomic mass is 9.85. The van der Waals surface area contributed by atoms with E-state index in [2.05, 4.69) is 20.3 Å². The summed E-state index contributed by atoms with van der Waals surface area (Å²) in [6, 6.07) is 9.89. The number of rotatable bonds is 5. The highest BCUT2D eigenvalue weighted by atomic mass is 16.5. The number of carbonyl (C=O) groups excluding carboxylic acids is 1. The number of ether oxygens (including phenoxy) is 1. The van der Waals surface area contributed by atoms with Crippen LogP contribution in [0.15, 0.2) is 42.7 Å². The number of hydrogen-bond donors (Lipinski definition) is 2. The number of amides is 1. The van der Waals surface area contributed by atoms with Crippen molar-refractivity contribution in [3.8, 4) is 5.88 Å². The number of carbonyl (C=O) groups is 1. The summed E-state index contributed by atoms with van der Waals surface area (Å²) in [4.78, 5) is 26.3. The maximum absolute atomic E-state index is 12.5. The van der Waals surface area contributed by atoms with Crippen LogP contribution in [-0.2, 0) is 0 Å². The molecule has 134 valence electrons. The van der Waals surface area contributed by atoms with Gasteiger partial charge in [-0.25, -0.2) is 4.98 Å². The summed E-state index contributed by atoms with van der Waals surface area (Å²) in [5.74, 6) is 1.15. The van der Waals surface area contributed by atoms with Gasteiger partial charge in [-0.3, -0.25) is 4.79 Å². The first-order valence-corrected chi connectivity index (χ1v) is 8.62. The van der Waals surface area contributed by atoms with Gasteiger partial charge < -0.3 is 19.9 Å². The molecule has 7 nitrogen and oxygen atoms in total. The van der Waals surface area contributed by atoms with Crippen molar-refractivity contribution in [2.75, 3.05) is 19.1 Å². The number of methoxy groups -OCH3 is 1. The van der Waals surface area contributed by atoms with Gasteiger partial charge in [0.25, 0.3) is 5.91 Å². The molecule has 2 heterocycles. The Hall–Kier alpha value is -3.09. The van der Waals surface area contributed by atoms with Crippen LogP contribution in [0, 0.1) is 0 Å². The molecular weight excluding hydrogens is 330 g/mol. The highest BCUT2D eigenvalue weighted by Crippen LogP contribution is 2.28. The molecule has 2 N–H and O–H groups in total. The minimum Gasteiger partial charge on any atom is -0.481 e. The number of hydrogen-bond acceptors (Lipinski definition) is 5. The first kappa shape index (κ1) is 16.4. The van der Waals surface area contributed by atoms with Gasteiger partial charge in [0.15, 0.2) is 0 Å². The Bertz CT molecular complexity index is 932. The second-order valence-electron chi connectivity index (χ2n) is 6.59. The molecule has 0 radical (unpaired) electrons. The summed E-state index contributed by atoms with van der Waals surface area (Å²) < 4.78 is 5.15. The van der Waals surface area contributed by atoms with Gasteiger partial charge >= 0.3 is 0 Å². The fraction of sp³-hybridized carbons (Fsp3) is 0.316. The number of fused-ring (bicyclic) bond motifs is 1. The number of aromatic amines is 1. The van der Waals surface area contributed by atoms with Crippen LogP contribution in [0.3, 0.4) is 0 Å². The van der Waals surface area contributed by atoms with Crippen molar-refractivity contribution in [3.63, 3.8) is 0 Å². The van der Waals surface area contributed by atoms with Crippen LogP contribution in [0.1, 0.15) is 23.2 Å². The zero-order valence-corrected chi connectivity index (χ0v) is 14.8. The lowest BCUT2D eigenvalue weighted by Crippen LogP contribution is -2.53. The van der Waals surface area contributed by atoms with E-state index in [9.17, 15) is 4.79 Å². The molecular formula is C19H21N5O2. The van der Waals surface area contributed by atoms with Gasteiger partial charge in [0.1, 0.15) is 0 Å². The van der Waals surface area contributed by atoms with Crippen molar-refractivity contribution in [2.24, 2.45) is 0 Å². The average Bonchev–Trinajstić information content (AvgIpc) is 3.11. The van der Waals surface area contributed by atoms with E-state index in [0.29, 0.717) is 23.4 Å². The maximum Gasteiger partial charge on any atom is 0.251 e. The second kappa shape index (κ2) is 6.67. The lowest BCUT2D eigenvalue weighted by molar-refractivity contribution is 0.0909. The third-order valence-corrected chi connectivity index (χ3v) is 4.96. The SMILES string of the molecule is COc1ccnc(N(C)C2CC(NC(=O)c3ccc4cc[nH]c4c3)C2)n1. The molecule has 0 atom stereocenters. The number of benzene rings is 1. The highest BCUT2D eigenvalue weighted by molar-refractivity contribution is 5.98. The number of aromatic nitrogens is 3. The molecule has 1 aliphatic rings. The monoisotopic (exact) mass is 351 g/mol. The summed E-state index contributed by atoms with van der Waals surface area (Å²) in [7, 11) is 3.56. The average molecular weight is 351 g/mol. The molecule has 0 saturated heterocycles. The van der Waals surface area contributed by atoms with Crippen LogP contribution in [0.5, 0.6) is 5.88 Å². The third kappa shape index (κ3) is 3.08. The van der Waals surface area contributed by atoms with Gasteiger partial charge in [0.2, 0.25) is 11.8 Å². The summed E-state index contributed by atoms with van der Waals surface area (Å²) in [5, 5.41) is 4.21. The first-order valence-electron chi connectivity index (χ1n) is 8.62. The number of nitrogens with one attached hydrogen (secondary N) is 2. The highest BCUT2D eigenvalue weighted by Gasteiger charge is 2.34. The molecule has 1 aromatic carbocycles. The Morgan fingerprint density at radius 3 is 2.96 bits per heavy atom. The van der Waals surface area contributed by atoms with Gasteiger partial charge in [0.05, 0.1) is 7.11 Å². The van der Waals surface area contributed by atoms with Gasteiger partial charge in [0, 0.05) is 48.7 Å². The zero-order valence-electron chi connectivity index (χ0n) is 14.8. The molecule has 26 heavy (non-hydrogen) atoms. The third-order valence-electron chi connectivity index (χ3n) is 4.96. The Balaban J connectivity index is 1.34. The Labute approximate surface area is 151 Å². The van der Waals surface area contributed by atoms with Gasteiger partial charge in [-0.1, -0.05) is 6.07 Å². The Morgan fingerprint density at radius 2 is 2.15 bits per heavy atom. The molecule has 1 amide bonds. The van der Waals surface area contributed by atoms with E-state index in [4.69, 9.17) is 4.74 Å². The molecule has 3 aromatic rings. The molecule has 1 saturated carbocycles. The molecule has 1 fully saturated rings. The summed E-state index contributed by atoms with van der Waals surface area (Å²) in [6.45, 7) is 0. The van der Waals surface area contributed by atoms with E-state index in [1.54, 1.807) is 19.4 Å². The summed E-state index contributed by atoms with van der Waals surface area (Å²) in [6.07, 6.45) is 5.30. The number of nitrogens with zero attached hydrogens (tertiary/aromatic N) is 3. The van der Waals surface area contributed by atoms with Crippen molar-refractivity contribution in [1.82, 2.24) is 20.3 Å².